The summed E-state index contributed by atoms with van der Waals surface area (Å²) in [6, 6.07) is 5.85. The Morgan fingerprint density at radius 2 is 2.23 bits per heavy atom. The van der Waals surface area contributed by atoms with Gasteiger partial charge in [-0.25, -0.2) is 0 Å². The van der Waals surface area contributed by atoms with Crippen molar-refractivity contribution in [1.29, 1.82) is 0 Å². The molecule has 3 rings (SSSR count). The molecule has 1 aromatic rings. The molecule has 2 atom stereocenters. The van der Waals surface area contributed by atoms with Gasteiger partial charge < -0.3 is 10.6 Å². The number of hydrogen-bond acceptors (Lipinski definition) is 3. The molecule has 1 heterocycles. The van der Waals surface area contributed by atoms with Crippen LogP contribution in [0.3, 0.4) is 0 Å². The minimum absolute atomic E-state index is 0.00769. The first-order valence-electron chi connectivity index (χ1n) is 8.02. The molecule has 1 fully saturated rings. The molecule has 1 aliphatic carbocycles. The van der Waals surface area contributed by atoms with Crippen LogP contribution in [0.4, 0.5) is 5.69 Å². The molecule has 2 amide bonds. The lowest BCUT2D eigenvalue weighted by Crippen LogP contribution is -2.38. The van der Waals surface area contributed by atoms with E-state index in [1.807, 2.05) is 23.9 Å². The Bertz CT molecular complexity index is 588. The van der Waals surface area contributed by atoms with E-state index < -0.39 is 0 Å². The molecular formula is C17H22N2O2S. The molecule has 1 saturated carbocycles. The standard InChI is InChI=1S/C17H22N2O2S/c1-2-22-15-5-3-4-14(15)19-17(21)12-6-8-13-11(10-12)7-9-16(20)18-13/h6,8,10,14-15H,2-5,7,9H2,1H3,(H,18,20)(H,19,21)/t14-,15+/m0/s1. The van der Waals surface area contributed by atoms with E-state index in [0.717, 1.165) is 23.4 Å². The van der Waals surface area contributed by atoms with Gasteiger partial charge in [0.05, 0.1) is 0 Å². The zero-order valence-electron chi connectivity index (χ0n) is 12.9. The molecule has 5 heteroatoms. The van der Waals surface area contributed by atoms with Crippen molar-refractivity contribution in [3.8, 4) is 0 Å². The van der Waals surface area contributed by atoms with E-state index in [0.29, 0.717) is 23.7 Å². The van der Waals surface area contributed by atoms with Crippen molar-refractivity contribution < 1.29 is 9.59 Å². The maximum atomic E-state index is 12.5. The first-order valence-corrected chi connectivity index (χ1v) is 9.07. The molecule has 0 radical (unpaired) electrons. The highest BCUT2D eigenvalue weighted by Crippen LogP contribution is 2.30. The van der Waals surface area contributed by atoms with Gasteiger partial charge in [0.25, 0.3) is 5.91 Å². The van der Waals surface area contributed by atoms with Gasteiger partial charge in [0.2, 0.25) is 5.91 Å². The molecule has 0 aromatic heterocycles. The van der Waals surface area contributed by atoms with Crippen molar-refractivity contribution in [2.75, 3.05) is 11.1 Å². The number of carbonyl (C=O) groups is 2. The number of amides is 2. The molecule has 2 aliphatic rings. The largest absolute Gasteiger partial charge is 0.348 e. The second-order valence-corrected chi connectivity index (χ2v) is 7.44. The fourth-order valence-electron chi connectivity index (χ4n) is 3.28. The van der Waals surface area contributed by atoms with E-state index in [-0.39, 0.29) is 17.9 Å². The quantitative estimate of drug-likeness (QED) is 0.897. The lowest BCUT2D eigenvalue weighted by molar-refractivity contribution is -0.116. The lowest BCUT2D eigenvalue weighted by Gasteiger charge is -2.21. The molecule has 0 saturated heterocycles. The number of anilines is 1. The van der Waals surface area contributed by atoms with Crippen LogP contribution in [-0.2, 0) is 11.2 Å². The summed E-state index contributed by atoms with van der Waals surface area (Å²) in [6.07, 6.45) is 4.67. The predicted octanol–water partition coefficient (Wildman–Crippen LogP) is 2.98. The fraction of sp³-hybridized carbons (Fsp3) is 0.529. The predicted molar refractivity (Wildman–Crippen MR) is 90.4 cm³/mol. The van der Waals surface area contributed by atoms with Crippen molar-refractivity contribution in [2.45, 2.75) is 50.3 Å². The third-order valence-corrected chi connectivity index (χ3v) is 5.74. The SMILES string of the molecule is CCS[C@@H]1CCC[C@@H]1NC(=O)c1ccc2c(c1)CCC(=O)N2. The molecule has 1 aliphatic heterocycles. The zero-order valence-corrected chi connectivity index (χ0v) is 13.7. The van der Waals surface area contributed by atoms with Crippen LogP contribution in [-0.4, -0.2) is 28.9 Å². The monoisotopic (exact) mass is 318 g/mol. The molecule has 4 nitrogen and oxygen atoms in total. The van der Waals surface area contributed by atoms with Gasteiger partial charge in [-0.2, -0.15) is 11.8 Å². The Morgan fingerprint density at radius 3 is 3.05 bits per heavy atom. The molecule has 2 N–H and O–H groups in total. The average molecular weight is 318 g/mol. The van der Waals surface area contributed by atoms with E-state index in [2.05, 4.69) is 17.6 Å². The van der Waals surface area contributed by atoms with Gasteiger partial charge in [0.1, 0.15) is 0 Å². The summed E-state index contributed by atoms with van der Waals surface area (Å²) in [5.74, 6) is 1.15. The van der Waals surface area contributed by atoms with E-state index in [1.165, 1.54) is 12.8 Å². The van der Waals surface area contributed by atoms with Crippen molar-refractivity contribution in [1.82, 2.24) is 5.32 Å². The molecular weight excluding hydrogens is 296 g/mol. The van der Waals surface area contributed by atoms with Crippen LogP contribution < -0.4 is 10.6 Å². The van der Waals surface area contributed by atoms with Crippen LogP contribution in [0.2, 0.25) is 0 Å². The molecule has 22 heavy (non-hydrogen) atoms. The van der Waals surface area contributed by atoms with Crippen molar-refractivity contribution in [3.63, 3.8) is 0 Å². The molecule has 118 valence electrons. The topological polar surface area (TPSA) is 58.2 Å². The third kappa shape index (κ3) is 3.29. The highest BCUT2D eigenvalue weighted by molar-refractivity contribution is 7.99. The summed E-state index contributed by atoms with van der Waals surface area (Å²) in [6.45, 7) is 2.17. The zero-order chi connectivity index (χ0) is 15.5. The second-order valence-electron chi connectivity index (χ2n) is 5.92. The van der Waals surface area contributed by atoms with E-state index in [1.54, 1.807) is 6.07 Å². The maximum absolute atomic E-state index is 12.5. The minimum atomic E-state index is 0.00769. The first-order chi connectivity index (χ1) is 10.7. The molecule has 1 aromatic carbocycles. The minimum Gasteiger partial charge on any atom is -0.348 e. The van der Waals surface area contributed by atoms with Gasteiger partial charge in [-0.05, 0) is 48.8 Å². The number of rotatable bonds is 4. The Kier molecular flexibility index (Phi) is 4.71. The third-order valence-electron chi connectivity index (χ3n) is 4.41. The van der Waals surface area contributed by atoms with Crippen LogP contribution >= 0.6 is 11.8 Å². The summed E-state index contributed by atoms with van der Waals surface area (Å²) in [7, 11) is 0. The number of hydrogen-bond donors (Lipinski definition) is 2. The Labute approximate surface area is 135 Å². The van der Waals surface area contributed by atoms with Crippen LogP contribution in [0.1, 0.15) is 48.5 Å². The lowest BCUT2D eigenvalue weighted by atomic mass is 10.00. The van der Waals surface area contributed by atoms with Crippen LogP contribution in [0.25, 0.3) is 0 Å². The maximum Gasteiger partial charge on any atom is 0.251 e. The van der Waals surface area contributed by atoms with Gasteiger partial charge in [-0.1, -0.05) is 13.3 Å². The smallest absolute Gasteiger partial charge is 0.251 e. The summed E-state index contributed by atoms with van der Waals surface area (Å²) in [5.41, 5.74) is 2.59. The average Bonchev–Trinajstić information content (AvgIpc) is 2.94. The molecule has 0 unspecified atom stereocenters. The van der Waals surface area contributed by atoms with E-state index >= 15 is 0 Å². The first kappa shape index (κ1) is 15.4. The summed E-state index contributed by atoms with van der Waals surface area (Å²) in [5, 5.41) is 6.59. The number of aryl methyl sites for hydroxylation is 1. The van der Waals surface area contributed by atoms with E-state index in [4.69, 9.17) is 0 Å². The van der Waals surface area contributed by atoms with Gasteiger partial charge in [0, 0.05) is 29.0 Å². The van der Waals surface area contributed by atoms with Crippen molar-refractivity contribution in [2.24, 2.45) is 0 Å². The number of nitrogens with one attached hydrogen (secondary N) is 2. The normalized spacial score (nSPS) is 23.8. The van der Waals surface area contributed by atoms with Crippen LogP contribution in [0.5, 0.6) is 0 Å². The van der Waals surface area contributed by atoms with Gasteiger partial charge in [-0.3, -0.25) is 9.59 Å². The van der Waals surface area contributed by atoms with Gasteiger partial charge in [0.15, 0.2) is 0 Å². The van der Waals surface area contributed by atoms with Crippen molar-refractivity contribution >= 4 is 29.3 Å². The van der Waals surface area contributed by atoms with Gasteiger partial charge >= 0.3 is 0 Å². The Balaban J connectivity index is 1.69. The number of thioether (sulfide) groups is 1. The number of benzene rings is 1. The Hall–Kier alpha value is -1.49. The van der Waals surface area contributed by atoms with Crippen molar-refractivity contribution in [3.05, 3.63) is 29.3 Å². The number of carbonyl (C=O) groups excluding carboxylic acids is 2. The summed E-state index contributed by atoms with van der Waals surface area (Å²) < 4.78 is 0. The second kappa shape index (κ2) is 6.73. The summed E-state index contributed by atoms with van der Waals surface area (Å²) >= 11 is 1.95. The highest BCUT2D eigenvalue weighted by Gasteiger charge is 2.28. The molecule has 0 bridgehead atoms. The summed E-state index contributed by atoms with van der Waals surface area (Å²) in [4.78, 5) is 23.9. The number of fused-ring (bicyclic) bond motifs is 1. The van der Waals surface area contributed by atoms with Crippen LogP contribution in [0, 0.1) is 0 Å². The van der Waals surface area contributed by atoms with Crippen LogP contribution in [0.15, 0.2) is 18.2 Å². The Morgan fingerprint density at radius 1 is 1.36 bits per heavy atom. The molecule has 0 spiro atoms. The highest BCUT2D eigenvalue weighted by atomic mass is 32.2. The fourth-order valence-corrected chi connectivity index (χ4v) is 4.48. The van der Waals surface area contributed by atoms with E-state index in [9.17, 15) is 9.59 Å². The van der Waals surface area contributed by atoms with Gasteiger partial charge in [-0.15, -0.1) is 0 Å².